The maximum Gasteiger partial charge on any atom is 0.161 e. The van der Waals surface area contributed by atoms with Crippen molar-refractivity contribution in [2.24, 2.45) is 17.8 Å². The maximum absolute atomic E-state index is 5.97. The molecule has 0 amide bonds. The van der Waals surface area contributed by atoms with Gasteiger partial charge >= 0.3 is 0 Å². The zero-order chi connectivity index (χ0) is 20.6. The van der Waals surface area contributed by atoms with Crippen molar-refractivity contribution >= 4 is 0 Å². The lowest BCUT2D eigenvalue weighted by Gasteiger charge is -2.39. The molecular weight excluding hydrogens is 350 g/mol. The second kappa shape index (κ2) is 11.1. The highest BCUT2D eigenvalue weighted by molar-refractivity contribution is 5.42. The minimum atomic E-state index is 0.0440. The quantitative estimate of drug-likeness (QED) is 0.567. The first-order valence-corrected chi connectivity index (χ1v) is 11.0. The van der Waals surface area contributed by atoms with Gasteiger partial charge in [0.1, 0.15) is 6.54 Å². The summed E-state index contributed by atoms with van der Waals surface area (Å²) in [7, 11) is 3.37. The number of ether oxygens (including phenoxy) is 3. The smallest absolute Gasteiger partial charge is 0.161 e. The van der Waals surface area contributed by atoms with Crippen LogP contribution in [0.3, 0.4) is 0 Å². The Balaban J connectivity index is 1.87. The van der Waals surface area contributed by atoms with Crippen LogP contribution in [0.4, 0.5) is 0 Å². The van der Waals surface area contributed by atoms with Gasteiger partial charge in [-0.1, -0.05) is 20.3 Å². The van der Waals surface area contributed by atoms with Crippen LogP contribution in [0.15, 0.2) is 18.2 Å². The Morgan fingerprint density at radius 1 is 1.11 bits per heavy atom. The van der Waals surface area contributed by atoms with E-state index in [2.05, 4.69) is 45.1 Å². The molecular formula is C24H42NO3+. The molecule has 0 unspecified atom stereocenters. The Morgan fingerprint density at radius 3 is 2.50 bits per heavy atom. The molecule has 4 heteroatoms. The van der Waals surface area contributed by atoms with E-state index in [1.807, 2.05) is 6.07 Å². The number of quaternary nitrogens is 1. The van der Waals surface area contributed by atoms with Gasteiger partial charge in [0.15, 0.2) is 11.5 Å². The van der Waals surface area contributed by atoms with Crippen LogP contribution in [0, 0.1) is 17.8 Å². The van der Waals surface area contributed by atoms with E-state index in [0.717, 1.165) is 42.4 Å². The Hall–Kier alpha value is -1.26. The molecule has 1 aliphatic heterocycles. The van der Waals surface area contributed by atoms with E-state index in [0.29, 0.717) is 0 Å². The molecule has 0 radical (unpaired) electrons. The SMILES string of the molecule is COc1ccc(C[NH2+]CC[C@@H](CCC(C)C)[C@@H]2CCOC(C)(C)C2)cc1OC. The number of methoxy groups -OCH3 is 2. The lowest BCUT2D eigenvalue weighted by Crippen LogP contribution is -2.82. The van der Waals surface area contributed by atoms with Gasteiger partial charge in [-0.2, -0.15) is 0 Å². The molecule has 28 heavy (non-hydrogen) atoms. The van der Waals surface area contributed by atoms with Crippen LogP contribution in [0.1, 0.15) is 65.4 Å². The van der Waals surface area contributed by atoms with Crippen molar-refractivity contribution in [2.45, 2.75) is 71.9 Å². The summed E-state index contributed by atoms with van der Waals surface area (Å²) < 4.78 is 16.7. The minimum Gasteiger partial charge on any atom is -0.493 e. The van der Waals surface area contributed by atoms with E-state index in [9.17, 15) is 0 Å². The number of hydrogen-bond donors (Lipinski definition) is 1. The van der Waals surface area contributed by atoms with Gasteiger partial charge in [0.05, 0.1) is 26.4 Å². The van der Waals surface area contributed by atoms with Crippen molar-refractivity contribution in [3.8, 4) is 11.5 Å². The van der Waals surface area contributed by atoms with Crippen LogP contribution < -0.4 is 14.8 Å². The Morgan fingerprint density at radius 2 is 1.86 bits per heavy atom. The van der Waals surface area contributed by atoms with E-state index >= 15 is 0 Å². The number of hydrogen-bond acceptors (Lipinski definition) is 3. The van der Waals surface area contributed by atoms with Crippen molar-refractivity contribution in [3.05, 3.63) is 23.8 Å². The van der Waals surface area contributed by atoms with Gasteiger partial charge in [0, 0.05) is 12.2 Å². The summed E-state index contributed by atoms with van der Waals surface area (Å²) in [5.41, 5.74) is 1.33. The van der Waals surface area contributed by atoms with Crippen LogP contribution in [0.2, 0.25) is 0 Å². The molecule has 4 nitrogen and oxygen atoms in total. The zero-order valence-electron chi connectivity index (χ0n) is 18.9. The van der Waals surface area contributed by atoms with Crippen molar-refractivity contribution in [2.75, 3.05) is 27.4 Å². The zero-order valence-corrected chi connectivity index (χ0v) is 18.9. The Kier molecular flexibility index (Phi) is 9.10. The number of nitrogens with two attached hydrogens (primary N) is 1. The molecule has 1 saturated heterocycles. The Labute approximate surface area is 172 Å². The van der Waals surface area contributed by atoms with E-state index < -0.39 is 0 Å². The molecule has 1 aliphatic rings. The van der Waals surface area contributed by atoms with Gasteiger partial charge in [0.2, 0.25) is 0 Å². The van der Waals surface area contributed by atoms with Crippen molar-refractivity contribution in [3.63, 3.8) is 0 Å². The summed E-state index contributed by atoms with van der Waals surface area (Å²) in [4.78, 5) is 0. The molecule has 0 aromatic heterocycles. The fourth-order valence-electron chi connectivity index (χ4n) is 4.45. The summed E-state index contributed by atoms with van der Waals surface area (Å²) >= 11 is 0. The summed E-state index contributed by atoms with van der Waals surface area (Å²) in [6, 6.07) is 6.22. The van der Waals surface area contributed by atoms with Crippen molar-refractivity contribution in [1.29, 1.82) is 0 Å². The second-order valence-corrected chi connectivity index (χ2v) is 9.35. The summed E-state index contributed by atoms with van der Waals surface area (Å²) in [6.07, 6.45) is 6.40. The van der Waals surface area contributed by atoms with E-state index in [1.165, 1.54) is 44.2 Å². The predicted molar refractivity (Wildman–Crippen MR) is 115 cm³/mol. The molecule has 2 atom stereocenters. The normalized spacial score (nSPS) is 20.2. The first-order valence-electron chi connectivity index (χ1n) is 11.0. The maximum atomic E-state index is 5.97. The van der Waals surface area contributed by atoms with Gasteiger partial charge in [-0.15, -0.1) is 0 Å². The van der Waals surface area contributed by atoms with Crippen LogP contribution in [0.25, 0.3) is 0 Å². The third-order valence-electron chi connectivity index (χ3n) is 6.09. The topological polar surface area (TPSA) is 44.3 Å². The standard InChI is InChI=1S/C24H41NO3/c1-18(2)7-9-20(21-12-14-28-24(3,4)16-21)11-13-25-17-19-8-10-22(26-5)23(15-19)27-6/h8,10,15,18,20-21,25H,7,9,11-14,16-17H2,1-6H3/p+1/t20-,21-/m1/s1. The van der Waals surface area contributed by atoms with Crippen LogP contribution in [-0.2, 0) is 11.3 Å². The molecule has 0 saturated carbocycles. The molecule has 2 N–H and O–H groups in total. The molecule has 160 valence electrons. The number of benzene rings is 1. The summed E-state index contributed by atoms with van der Waals surface area (Å²) in [5, 5.41) is 2.44. The monoisotopic (exact) mass is 392 g/mol. The molecule has 0 aliphatic carbocycles. The van der Waals surface area contributed by atoms with Crippen molar-refractivity contribution < 1.29 is 19.5 Å². The highest BCUT2D eigenvalue weighted by atomic mass is 16.5. The highest BCUT2D eigenvalue weighted by Gasteiger charge is 2.33. The first kappa shape index (κ1) is 23.0. The van der Waals surface area contributed by atoms with Crippen LogP contribution in [-0.4, -0.2) is 33.0 Å². The largest absolute Gasteiger partial charge is 0.493 e. The molecule has 1 fully saturated rings. The highest BCUT2D eigenvalue weighted by Crippen LogP contribution is 2.37. The average Bonchev–Trinajstić information content (AvgIpc) is 2.66. The molecule has 1 aromatic rings. The summed E-state index contributed by atoms with van der Waals surface area (Å²) in [5.74, 6) is 4.00. The van der Waals surface area contributed by atoms with Gasteiger partial charge < -0.3 is 19.5 Å². The van der Waals surface area contributed by atoms with Gasteiger partial charge in [-0.25, -0.2) is 0 Å². The van der Waals surface area contributed by atoms with Gasteiger partial charge in [0.25, 0.3) is 0 Å². The number of rotatable bonds is 11. The molecule has 0 bridgehead atoms. The molecule has 1 aromatic carbocycles. The van der Waals surface area contributed by atoms with Gasteiger partial charge in [-0.3, -0.25) is 0 Å². The van der Waals surface area contributed by atoms with Gasteiger partial charge in [-0.05, 0) is 75.5 Å². The van der Waals surface area contributed by atoms with E-state index in [-0.39, 0.29) is 5.60 Å². The minimum absolute atomic E-state index is 0.0440. The van der Waals surface area contributed by atoms with Crippen LogP contribution >= 0.6 is 0 Å². The lowest BCUT2D eigenvalue weighted by molar-refractivity contribution is -0.671. The third-order valence-corrected chi connectivity index (χ3v) is 6.09. The lowest BCUT2D eigenvalue weighted by atomic mass is 9.75. The molecule has 2 rings (SSSR count). The average molecular weight is 393 g/mol. The fraction of sp³-hybridized carbons (Fsp3) is 0.750. The van der Waals surface area contributed by atoms with E-state index in [1.54, 1.807) is 14.2 Å². The second-order valence-electron chi connectivity index (χ2n) is 9.35. The molecule has 0 spiro atoms. The predicted octanol–water partition coefficient (Wildman–Crippen LogP) is 4.41. The molecule has 1 heterocycles. The van der Waals surface area contributed by atoms with Crippen LogP contribution in [0.5, 0.6) is 11.5 Å². The van der Waals surface area contributed by atoms with E-state index in [4.69, 9.17) is 14.2 Å². The Bertz CT molecular complexity index is 585. The first-order chi connectivity index (χ1) is 13.3. The third kappa shape index (κ3) is 7.29. The fourth-order valence-corrected chi connectivity index (χ4v) is 4.45. The van der Waals surface area contributed by atoms with Crippen molar-refractivity contribution in [1.82, 2.24) is 0 Å². The summed E-state index contributed by atoms with van der Waals surface area (Å²) in [6.45, 7) is 12.3.